The van der Waals surface area contributed by atoms with E-state index in [2.05, 4.69) is 26.8 Å². The molecular weight excluding hydrogens is 289 g/mol. The number of piperidine rings is 1. The number of rotatable bonds is 2. The van der Waals surface area contributed by atoms with Crippen molar-refractivity contribution in [3.05, 3.63) is 30.6 Å². The molecule has 0 atom stereocenters. The highest BCUT2D eigenvalue weighted by atomic mass is 35.5. The molecule has 18 heavy (non-hydrogen) atoms. The van der Waals surface area contributed by atoms with Crippen LogP contribution in [0, 0.1) is 0 Å². The number of pyridine rings is 1. The second-order valence-electron chi connectivity index (χ2n) is 4.09. The van der Waals surface area contributed by atoms with Gasteiger partial charge in [-0.1, -0.05) is 6.07 Å². The predicted octanol–water partition coefficient (Wildman–Crippen LogP) is 3.02. The van der Waals surface area contributed by atoms with Crippen LogP contribution in [-0.2, 0) is 0 Å². The number of imidazole rings is 1. The van der Waals surface area contributed by atoms with Crippen molar-refractivity contribution in [1.82, 2.24) is 14.7 Å². The molecule has 3 heterocycles. The average molecular weight is 306 g/mol. The molecule has 2 aromatic heterocycles. The maximum atomic E-state index is 4.31. The number of hydrogen-bond acceptors (Lipinski definition) is 3. The Hall–Kier alpha value is -0.420. The Morgan fingerprint density at radius 3 is 2.78 bits per heavy atom. The molecule has 1 fully saturated rings. The number of hydrogen-bond donors (Lipinski definition) is 1. The summed E-state index contributed by atoms with van der Waals surface area (Å²) in [5.74, 6) is 0. The summed E-state index contributed by atoms with van der Waals surface area (Å²) in [4.78, 5) is 4.31. The Balaban J connectivity index is 0.000000810. The molecule has 1 saturated heterocycles. The molecule has 0 radical (unpaired) electrons. The van der Waals surface area contributed by atoms with E-state index in [1.54, 1.807) is 0 Å². The Morgan fingerprint density at radius 1 is 1.22 bits per heavy atom. The first-order valence-corrected chi connectivity index (χ1v) is 6.61. The molecule has 3 rings (SSSR count). The highest BCUT2D eigenvalue weighted by Gasteiger charge is 2.15. The van der Waals surface area contributed by atoms with Gasteiger partial charge >= 0.3 is 0 Å². The van der Waals surface area contributed by atoms with Crippen LogP contribution in [0.2, 0.25) is 0 Å². The highest BCUT2D eigenvalue weighted by Crippen LogP contribution is 2.28. The maximum Gasteiger partial charge on any atom is 0.137 e. The predicted molar refractivity (Wildman–Crippen MR) is 81.4 cm³/mol. The SMILES string of the molecule is Cl.Cl.c1cc(SC2CCNCC2)n2ccnc2c1. The monoisotopic (exact) mass is 305 g/mol. The number of nitrogens with zero attached hydrogens (tertiary/aromatic N) is 2. The molecule has 6 heteroatoms. The maximum absolute atomic E-state index is 4.31. The minimum atomic E-state index is 0. The molecule has 0 aliphatic carbocycles. The van der Waals surface area contributed by atoms with Crippen LogP contribution in [0.4, 0.5) is 0 Å². The zero-order valence-corrected chi connectivity index (χ0v) is 12.4. The molecule has 3 nitrogen and oxygen atoms in total. The topological polar surface area (TPSA) is 29.3 Å². The van der Waals surface area contributed by atoms with Crippen molar-refractivity contribution >= 4 is 42.2 Å². The largest absolute Gasteiger partial charge is 0.317 e. The van der Waals surface area contributed by atoms with Crippen molar-refractivity contribution in [2.24, 2.45) is 0 Å². The fourth-order valence-corrected chi connectivity index (χ4v) is 3.34. The summed E-state index contributed by atoms with van der Waals surface area (Å²) < 4.78 is 2.17. The van der Waals surface area contributed by atoms with Crippen LogP contribution in [0.15, 0.2) is 35.6 Å². The number of thioether (sulfide) groups is 1. The summed E-state index contributed by atoms with van der Waals surface area (Å²) in [7, 11) is 0. The van der Waals surface area contributed by atoms with E-state index < -0.39 is 0 Å². The van der Waals surface area contributed by atoms with E-state index in [1.165, 1.54) is 17.9 Å². The lowest BCUT2D eigenvalue weighted by Gasteiger charge is -2.22. The molecule has 0 spiro atoms. The van der Waals surface area contributed by atoms with E-state index in [9.17, 15) is 0 Å². The van der Waals surface area contributed by atoms with Gasteiger partial charge in [-0.15, -0.1) is 36.6 Å². The van der Waals surface area contributed by atoms with Gasteiger partial charge in [0, 0.05) is 17.6 Å². The van der Waals surface area contributed by atoms with Crippen molar-refractivity contribution in [2.75, 3.05) is 13.1 Å². The second kappa shape index (κ2) is 7.24. The Kier molecular flexibility index (Phi) is 6.29. The van der Waals surface area contributed by atoms with E-state index >= 15 is 0 Å². The first kappa shape index (κ1) is 15.6. The minimum Gasteiger partial charge on any atom is -0.317 e. The minimum absolute atomic E-state index is 0. The number of aromatic nitrogens is 2. The summed E-state index contributed by atoms with van der Waals surface area (Å²) in [6.07, 6.45) is 6.42. The van der Waals surface area contributed by atoms with Gasteiger partial charge in [0.15, 0.2) is 0 Å². The third-order valence-electron chi connectivity index (χ3n) is 2.96. The van der Waals surface area contributed by atoms with Gasteiger partial charge in [0.25, 0.3) is 0 Å². The van der Waals surface area contributed by atoms with E-state index in [4.69, 9.17) is 0 Å². The smallest absolute Gasteiger partial charge is 0.137 e. The fourth-order valence-electron chi connectivity index (χ4n) is 2.10. The number of nitrogens with one attached hydrogen (secondary N) is 1. The molecule has 0 bridgehead atoms. The van der Waals surface area contributed by atoms with Gasteiger partial charge in [-0.2, -0.15) is 0 Å². The van der Waals surface area contributed by atoms with E-state index in [0.29, 0.717) is 0 Å². The molecule has 1 aliphatic rings. The normalized spacial score (nSPS) is 16.0. The second-order valence-corrected chi connectivity index (χ2v) is 5.41. The van der Waals surface area contributed by atoms with Gasteiger partial charge in [0.2, 0.25) is 0 Å². The molecule has 1 N–H and O–H groups in total. The van der Waals surface area contributed by atoms with Crippen molar-refractivity contribution in [1.29, 1.82) is 0 Å². The van der Waals surface area contributed by atoms with Gasteiger partial charge in [0.1, 0.15) is 5.65 Å². The van der Waals surface area contributed by atoms with Crippen molar-refractivity contribution in [3.63, 3.8) is 0 Å². The first-order chi connectivity index (χ1) is 7.93. The van der Waals surface area contributed by atoms with Crippen LogP contribution in [0.25, 0.3) is 5.65 Å². The Morgan fingerprint density at radius 2 is 2.00 bits per heavy atom. The molecule has 0 amide bonds. The zero-order chi connectivity index (χ0) is 10.8. The summed E-state index contributed by atoms with van der Waals surface area (Å²) in [5, 5.41) is 5.45. The summed E-state index contributed by atoms with van der Waals surface area (Å²) in [5.41, 5.74) is 1.04. The number of fused-ring (bicyclic) bond motifs is 1. The average Bonchev–Trinajstić information content (AvgIpc) is 2.80. The lowest BCUT2D eigenvalue weighted by molar-refractivity contribution is 0.531. The molecule has 0 aromatic carbocycles. The lowest BCUT2D eigenvalue weighted by atomic mass is 10.2. The third kappa shape index (κ3) is 3.32. The van der Waals surface area contributed by atoms with E-state index in [1.807, 2.05) is 30.2 Å². The van der Waals surface area contributed by atoms with Crippen LogP contribution in [0.3, 0.4) is 0 Å². The van der Waals surface area contributed by atoms with Crippen LogP contribution in [0.1, 0.15) is 12.8 Å². The summed E-state index contributed by atoms with van der Waals surface area (Å²) in [6, 6.07) is 6.32. The van der Waals surface area contributed by atoms with Gasteiger partial charge in [-0.3, -0.25) is 4.40 Å². The van der Waals surface area contributed by atoms with Gasteiger partial charge in [0.05, 0.1) is 5.03 Å². The van der Waals surface area contributed by atoms with Crippen molar-refractivity contribution in [3.8, 4) is 0 Å². The molecule has 2 aromatic rings. The Bertz CT molecular complexity index is 483. The van der Waals surface area contributed by atoms with Gasteiger partial charge < -0.3 is 5.32 Å². The van der Waals surface area contributed by atoms with E-state index in [-0.39, 0.29) is 24.8 Å². The molecule has 100 valence electrons. The van der Waals surface area contributed by atoms with Gasteiger partial charge in [-0.25, -0.2) is 4.98 Å². The third-order valence-corrected chi connectivity index (χ3v) is 4.34. The standard InChI is InChI=1S/C12H15N3S.2ClH/c1-2-11-14-8-9-15(11)12(3-1)16-10-4-6-13-7-5-10;;/h1-3,8-10,13H,4-7H2;2*1H. The van der Waals surface area contributed by atoms with Crippen molar-refractivity contribution in [2.45, 2.75) is 23.1 Å². The quantitative estimate of drug-likeness (QED) is 0.925. The summed E-state index contributed by atoms with van der Waals surface area (Å²) >= 11 is 1.98. The van der Waals surface area contributed by atoms with E-state index in [0.717, 1.165) is 24.0 Å². The van der Waals surface area contributed by atoms with Crippen molar-refractivity contribution < 1.29 is 0 Å². The molecule has 0 saturated carbocycles. The molecule has 1 aliphatic heterocycles. The first-order valence-electron chi connectivity index (χ1n) is 5.73. The van der Waals surface area contributed by atoms with Gasteiger partial charge in [-0.05, 0) is 38.1 Å². The van der Waals surface area contributed by atoms with Crippen LogP contribution < -0.4 is 5.32 Å². The highest BCUT2D eigenvalue weighted by molar-refractivity contribution is 7.99. The fraction of sp³-hybridized carbons (Fsp3) is 0.417. The summed E-state index contributed by atoms with van der Waals surface area (Å²) in [6.45, 7) is 2.30. The lowest BCUT2D eigenvalue weighted by Crippen LogP contribution is -2.29. The Labute approximate surface area is 124 Å². The van der Waals surface area contributed by atoms with Crippen LogP contribution >= 0.6 is 36.6 Å². The van der Waals surface area contributed by atoms with Crippen LogP contribution in [0.5, 0.6) is 0 Å². The van der Waals surface area contributed by atoms with Crippen LogP contribution in [-0.4, -0.2) is 27.7 Å². The zero-order valence-electron chi connectivity index (χ0n) is 9.91. The number of halogens is 2. The molecular formula is C12H17Cl2N3S. The molecule has 0 unspecified atom stereocenters.